The van der Waals surface area contributed by atoms with Gasteiger partial charge in [-0.3, -0.25) is 4.79 Å². The Morgan fingerprint density at radius 3 is 2.16 bits per heavy atom. The topological polar surface area (TPSA) is 197 Å². The van der Waals surface area contributed by atoms with Crippen molar-refractivity contribution in [2.45, 2.75) is 23.8 Å². The molecule has 4 rings (SSSR count). The highest BCUT2D eigenvalue weighted by molar-refractivity contribution is 9.10. The zero-order valence-corrected chi connectivity index (χ0v) is 29.9. The standard InChI is InChI=1S/C32H43BrFN7O8S/c33-26-22-37-32(41-31(26)40-28-3-1-2-27(34)29(28)30(35)42)39-23-4-6-25(7-5-23)50(43,44)38-12-13-45-14-15-46-16-17-47-18-19-48-20-21-49-24-8-10-36-11-9-24/h1-7,22,24,36,38H,8-21H2,(H2,35,42)(H2,37,39,40,41). The molecule has 2 aromatic carbocycles. The second-order valence-corrected chi connectivity index (χ2v) is 13.5. The summed E-state index contributed by atoms with van der Waals surface area (Å²) in [5, 5.41) is 9.17. The number of nitrogens with two attached hydrogens (primary N) is 1. The molecular formula is C32H43BrFN7O8S. The van der Waals surface area contributed by atoms with Crippen LogP contribution < -0.4 is 26.4 Å². The van der Waals surface area contributed by atoms with Gasteiger partial charge >= 0.3 is 0 Å². The van der Waals surface area contributed by atoms with E-state index in [2.05, 4.69) is 46.6 Å². The summed E-state index contributed by atoms with van der Waals surface area (Å²) >= 11 is 3.33. The van der Waals surface area contributed by atoms with Crippen LogP contribution in [-0.2, 0) is 33.7 Å². The number of aromatic nitrogens is 2. The fourth-order valence-electron chi connectivity index (χ4n) is 4.70. The van der Waals surface area contributed by atoms with Crippen molar-refractivity contribution in [1.82, 2.24) is 20.0 Å². The van der Waals surface area contributed by atoms with Crippen LogP contribution in [0.25, 0.3) is 0 Å². The number of piperidine rings is 1. The first-order chi connectivity index (χ1) is 24.2. The summed E-state index contributed by atoms with van der Waals surface area (Å²) in [5.74, 6) is -1.31. The Labute approximate surface area is 299 Å². The van der Waals surface area contributed by atoms with Gasteiger partial charge in [0.15, 0.2) is 0 Å². The van der Waals surface area contributed by atoms with Crippen LogP contribution in [0.5, 0.6) is 0 Å². The molecule has 1 fully saturated rings. The molecule has 0 bridgehead atoms. The highest BCUT2D eigenvalue weighted by atomic mass is 79.9. The van der Waals surface area contributed by atoms with Crippen molar-refractivity contribution in [3.63, 3.8) is 0 Å². The smallest absolute Gasteiger partial charge is 0.253 e. The summed E-state index contributed by atoms with van der Waals surface area (Å²) < 4.78 is 70.2. The first kappa shape index (κ1) is 39.5. The van der Waals surface area contributed by atoms with Gasteiger partial charge in [0.25, 0.3) is 5.91 Å². The maximum Gasteiger partial charge on any atom is 0.253 e. The lowest BCUT2D eigenvalue weighted by molar-refractivity contribution is -0.0278. The molecule has 1 aliphatic rings. The molecule has 0 saturated carbocycles. The Bertz CT molecular complexity index is 1600. The summed E-state index contributed by atoms with van der Waals surface area (Å²) in [6.07, 6.45) is 3.88. The molecule has 2 heterocycles. The molecule has 1 amide bonds. The van der Waals surface area contributed by atoms with E-state index < -0.39 is 21.7 Å². The average Bonchev–Trinajstić information content (AvgIpc) is 3.10. The Morgan fingerprint density at radius 2 is 1.52 bits per heavy atom. The second-order valence-electron chi connectivity index (χ2n) is 10.9. The SMILES string of the molecule is NC(=O)c1c(F)cccc1Nc1nc(Nc2ccc(S(=O)(=O)NCCOCCOCCOCCOCCOC3CCNCC3)cc2)ncc1Br. The number of halogens is 2. The van der Waals surface area contributed by atoms with Crippen LogP contribution in [0.1, 0.15) is 23.2 Å². The van der Waals surface area contributed by atoms with Gasteiger partial charge in [0.2, 0.25) is 16.0 Å². The van der Waals surface area contributed by atoms with Crippen molar-refractivity contribution >= 4 is 55.0 Å². The number of sulfonamides is 1. The van der Waals surface area contributed by atoms with Crippen LogP contribution in [-0.4, -0.2) is 109 Å². The van der Waals surface area contributed by atoms with Crippen molar-refractivity contribution in [3.05, 3.63) is 64.5 Å². The van der Waals surface area contributed by atoms with E-state index in [0.29, 0.717) is 69.1 Å². The molecule has 0 unspecified atom stereocenters. The monoisotopic (exact) mass is 783 g/mol. The van der Waals surface area contributed by atoms with Gasteiger partial charge < -0.3 is 45.4 Å². The van der Waals surface area contributed by atoms with E-state index in [0.717, 1.165) is 32.0 Å². The number of rotatable bonds is 23. The van der Waals surface area contributed by atoms with Gasteiger partial charge in [-0.2, -0.15) is 4.98 Å². The van der Waals surface area contributed by atoms with Crippen molar-refractivity contribution in [2.75, 3.05) is 89.7 Å². The van der Waals surface area contributed by atoms with Crippen molar-refractivity contribution < 1.29 is 41.3 Å². The molecule has 1 saturated heterocycles. The van der Waals surface area contributed by atoms with Gasteiger partial charge in [-0.1, -0.05) is 6.07 Å². The number of benzene rings is 2. The number of nitrogens with zero attached hydrogens (tertiary/aromatic N) is 2. The average molecular weight is 785 g/mol. The summed E-state index contributed by atoms with van der Waals surface area (Å²) in [7, 11) is -3.78. The maximum absolute atomic E-state index is 14.2. The zero-order valence-electron chi connectivity index (χ0n) is 27.5. The van der Waals surface area contributed by atoms with E-state index in [1.807, 2.05) is 0 Å². The highest BCUT2D eigenvalue weighted by Crippen LogP contribution is 2.28. The number of ether oxygens (including phenoxy) is 5. The first-order valence-corrected chi connectivity index (χ1v) is 18.4. The van der Waals surface area contributed by atoms with Crippen LogP contribution in [0.3, 0.4) is 0 Å². The molecule has 1 aromatic heterocycles. The number of hydrogen-bond acceptors (Lipinski definition) is 13. The van der Waals surface area contributed by atoms with Gasteiger partial charge in [0.1, 0.15) is 11.6 Å². The van der Waals surface area contributed by atoms with Gasteiger partial charge in [0, 0.05) is 18.4 Å². The fourth-order valence-corrected chi connectivity index (χ4v) is 6.00. The maximum atomic E-state index is 14.2. The summed E-state index contributed by atoms with van der Waals surface area (Å²) in [4.78, 5) is 20.4. The van der Waals surface area contributed by atoms with E-state index >= 15 is 0 Å². The first-order valence-electron chi connectivity index (χ1n) is 16.1. The van der Waals surface area contributed by atoms with Crippen LogP contribution in [0.4, 0.5) is 27.5 Å². The predicted molar refractivity (Wildman–Crippen MR) is 188 cm³/mol. The number of amides is 1. The van der Waals surface area contributed by atoms with Crippen LogP contribution in [0.2, 0.25) is 0 Å². The largest absolute Gasteiger partial charge is 0.378 e. The fraction of sp³-hybridized carbons (Fsp3) is 0.469. The Hall–Kier alpha value is -3.33. The molecule has 0 spiro atoms. The quantitative estimate of drug-likeness (QED) is 0.0881. The van der Waals surface area contributed by atoms with Crippen LogP contribution in [0.15, 0.2) is 58.0 Å². The van der Waals surface area contributed by atoms with Crippen LogP contribution >= 0.6 is 15.9 Å². The summed E-state index contributed by atoms with van der Waals surface area (Å²) in [6.45, 7) is 5.91. The normalized spacial score (nSPS) is 13.7. The molecule has 0 atom stereocenters. The predicted octanol–water partition coefficient (Wildman–Crippen LogP) is 3.08. The van der Waals surface area contributed by atoms with E-state index in [1.54, 1.807) is 12.1 Å². The number of anilines is 4. The number of carbonyl (C=O) groups excluding carboxylic acids is 1. The molecule has 0 radical (unpaired) electrons. The third-order valence-corrected chi connectivity index (χ3v) is 9.26. The zero-order chi connectivity index (χ0) is 35.6. The molecule has 15 nitrogen and oxygen atoms in total. The summed E-state index contributed by atoms with van der Waals surface area (Å²) in [5.41, 5.74) is 5.67. The molecule has 3 aromatic rings. The Balaban J connectivity index is 1.06. The lowest BCUT2D eigenvalue weighted by Crippen LogP contribution is -2.33. The van der Waals surface area contributed by atoms with Crippen LogP contribution in [0, 0.1) is 5.82 Å². The third-order valence-electron chi connectivity index (χ3n) is 7.20. The Morgan fingerprint density at radius 1 is 0.900 bits per heavy atom. The van der Waals surface area contributed by atoms with Crippen molar-refractivity contribution in [1.29, 1.82) is 0 Å². The van der Waals surface area contributed by atoms with Gasteiger partial charge in [-0.05, 0) is 78.3 Å². The molecule has 50 heavy (non-hydrogen) atoms. The molecule has 0 aliphatic carbocycles. The van der Waals surface area contributed by atoms with Crippen molar-refractivity contribution in [2.24, 2.45) is 5.73 Å². The van der Waals surface area contributed by atoms with E-state index in [-0.39, 0.29) is 41.1 Å². The molecule has 18 heteroatoms. The molecular weight excluding hydrogens is 741 g/mol. The van der Waals surface area contributed by atoms with Crippen molar-refractivity contribution in [3.8, 4) is 0 Å². The highest BCUT2D eigenvalue weighted by Gasteiger charge is 2.17. The lowest BCUT2D eigenvalue weighted by atomic mass is 10.1. The third kappa shape index (κ3) is 13.4. The summed E-state index contributed by atoms with van der Waals surface area (Å²) in [6, 6.07) is 10.0. The molecule has 274 valence electrons. The minimum absolute atomic E-state index is 0.0616. The van der Waals surface area contributed by atoms with Gasteiger partial charge in [-0.25, -0.2) is 22.5 Å². The lowest BCUT2D eigenvalue weighted by Gasteiger charge is -2.22. The van der Waals surface area contributed by atoms with E-state index in [9.17, 15) is 17.6 Å². The van der Waals surface area contributed by atoms with E-state index in [1.165, 1.54) is 30.5 Å². The molecule has 1 aliphatic heterocycles. The molecule has 6 N–H and O–H groups in total. The van der Waals surface area contributed by atoms with Gasteiger partial charge in [0.05, 0.1) is 86.2 Å². The Kier molecular flexibility index (Phi) is 16.7. The minimum atomic E-state index is -3.78. The second kappa shape index (κ2) is 21.1. The van der Waals surface area contributed by atoms with Gasteiger partial charge in [-0.15, -0.1) is 0 Å². The number of nitrogens with one attached hydrogen (secondary N) is 4. The number of primary amides is 1. The minimum Gasteiger partial charge on any atom is -0.378 e. The van der Waals surface area contributed by atoms with E-state index in [4.69, 9.17) is 29.4 Å². The number of carbonyl (C=O) groups is 1. The number of hydrogen-bond donors (Lipinski definition) is 5.